The number of halogens is 3. The van der Waals surface area contributed by atoms with Gasteiger partial charge in [0.2, 0.25) is 0 Å². The lowest BCUT2D eigenvalue weighted by Gasteiger charge is -2.34. The molecule has 0 bridgehead atoms. The van der Waals surface area contributed by atoms with Crippen LogP contribution < -0.4 is 4.74 Å². The molecule has 0 saturated carbocycles. The van der Waals surface area contributed by atoms with Crippen molar-refractivity contribution in [2.75, 3.05) is 26.7 Å². The Morgan fingerprint density at radius 2 is 1.91 bits per heavy atom. The zero-order chi connectivity index (χ0) is 24.5. The Morgan fingerprint density at radius 3 is 2.53 bits per heavy atom. The van der Waals surface area contributed by atoms with Gasteiger partial charge in [0.25, 0.3) is 0 Å². The minimum absolute atomic E-state index is 0.0705. The molecular weight excluding hydrogens is 441 g/mol. The number of ether oxygens (including phenoxy) is 1. The molecule has 1 aromatic heterocycles. The van der Waals surface area contributed by atoms with Gasteiger partial charge in [0.1, 0.15) is 5.75 Å². The lowest BCUT2D eigenvalue weighted by atomic mass is 9.88. The van der Waals surface area contributed by atoms with Crippen LogP contribution in [-0.2, 0) is 6.42 Å². The summed E-state index contributed by atoms with van der Waals surface area (Å²) in [6.45, 7) is 4.81. The number of nitrogens with zero attached hydrogens (tertiary/aromatic N) is 1. The maximum atomic E-state index is 12.9. The Bertz CT molecular complexity index is 1160. The van der Waals surface area contributed by atoms with Crippen LogP contribution in [0.1, 0.15) is 54.1 Å². The molecule has 2 aromatic carbocycles. The van der Waals surface area contributed by atoms with Gasteiger partial charge >= 0.3 is 6.18 Å². The monoisotopic (exact) mass is 472 g/mol. The van der Waals surface area contributed by atoms with Gasteiger partial charge < -0.3 is 14.6 Å². The molecule has 1 unspecified atom stereocenters. The van der Waals surface area contributed by atoms with Gasteiger partial charge in [-0.2, -0.15) is 13.2 Å². The van der Waals surface area contributed by atoms with Gasteiger partial charge in [-0.3, -0.25) is 4.79 Å². The van der Waals surface area contributed by atoms with Crippen LogP contribution >= 0.6 is 0 Å². The van der Waals surface area contributed by atoms with Crippen LogP contribution in [0.25, 0.3) is 22.2 Å². The van der Waals surface area contributed by atoms with Crippen molar-refractivity contribution in [3.63, 3.8) is 0 Å². The summed E-state index contributed by atoms with van der Waals surface area (Å²) in [4.78, 5) is 17.0. The molecule has 7 heteroatoms. The van der Waals surface area contributed by atoms with Crippen LogP contribution in [0.4, 0.5) is 13.2 Å². The molecule has 0 radical (unpaired) electrons. The first kappa shape index (κ1) is 24.3. The maximum absolute atomic E-state index is 12.9. The van der Waals surface area contributed by atoms with Crippen molar-refractivity contribution in [2.45, 2.75) is 45.2 Å². The Hall–Kier alpha value is -2.80. The van der Waals surface area contributed by atoms with E-state index < -0.39 is 12.1 Å². The molecule has 1 N–H and O–H groups in total. The molecule has 0 amide bonds. The summed E-state index contributed by atoms with van der Waals surface area (Å²) in [5.74, 6) is -0.415. The molecule has 1 aliphatic heterocycles. The van der Waals surface area contributed by atoms with Crippen LogP contribution in [0.5, 0.6) is 5.75 Å². The third-order valence-electron chi connectivity index (χ3n) is 7.08. The first-order chi connectivity index (χ1) is 16.2. The van der Waals surface area contributed by atoms with Gasteiger partial charge in [0, 0.05) is 23.1 Å². The fraction of sp³-hybridized carbons (Fsp3) is 0.444. The Morgan fingerprint density at radius 1 is 1.18 bits per heavy atom. The van der Waals surface area contributed by atoms with Crippen molar-refractivity contribution in [2.24, 2.45) is 5.92 Å². The number of hydrogen-bond acceptors (Lipinski definition) is 3. The summed E-state index contributed by atoms with van der Waals surface area (Å²) >= 11 is 0. The van der Waals surface area contributed by atoms with E-state index in [9.17, 15) is 18.0 Å². The Labute approximate surface area is 198 Å². The fourth-order valence-electron chi connectivity index (χ4n) is 5.05. The number of likely N-dealkylation sites (tertiary alicyclic amines) is 1. The molecule has 1 aliphatic rings. The quantitative estimate of drug-likeness (QED) is 0.394. The van der Waals surface area contributed by atoms with Gasteiger partial charge in [-0.1, -0.05) is 19.9 Å². The van der Waals surface area contributed by atoms with E-state index >= 15 is 0 Å². The number of rotatable bonds is 7. The number of carbonyl (C=O) groups is 1. The second-order valence-electron chi connectivity index (χ2n) is 9.23. The van der Waals surface area contributed by atoms with Crippen molar-refractivity contribution in [1.29, 1.82) is 0 Å². The topological polar surface area (TPSA) is 45.3 Å². The van der Waals surface area contributed by atoms with E-state index in [1.807, 2.05) is 23.1 Å². The second-order valence-corrected chi connectivity index (χ2v) is 9.23. The van der Waals surface area contributed by atoms with Gasteiger partial charge in [-0.25, -0.2) is 0 Å². The smallest absolute Gasteiger partial charge is 0.392 e. The Kier molecular flexibility index (Phi) is 7.03. The molecule has 0 aliphatic carbocycles. The van der Waals surface area contributed by atoms with E-state index in [1.54, 1.807) is 7.11 Å². The van der Waals surface area contributed by atoms with E-state index in [1.165, 1.54) is 18.1 Å². The van der Waals surface area contributed by atoms with Crippen molar-refractivity contribution in [3.8, 4) is 17.0 Å². The lowest BCUT2D eigenvalue weighted by molar-refractivity contribution is -0.174. The summed E-state index contributed by atoms with van der Waals surface area (Å²) in [6, 6.07) is 12.1. The van der Waals surface area contributed by atoms with Gasteiger partial charge in [0.05, 0.1) is 18.6 Å². The van der Waals surface area contributed by atoms with Gasteiger partial charge in [0.15, 0.2) is 6.29 Å². The summed E-state index contributed by atoms with van der Waals surface area (Å²) in [5.41, 5.74) is 5.90. The number of benzene rings is 2. The highest BCUT2D eigenvalue weighted by Gasteiger charge is 2.37. The van der Waals surface area contributed by atoms with Crippen LogP contribution in [0.15, 0.2) is 36.4 Å². The van der Waals surface area contributed by atoms with Crippen LogP contribution in [0.3, 0.4) is 0 Å². The number of carbonyl (C=O) groups excluding carboxylic acids is 1. The minimum Gasteiger partial charge on any atom is -0.496 e. The number of alkyl halides is 3. The number of aromatic amines is 1. The second kappa shape index (κ2) is 9.82. The highest BCUT2D eigenvalue weighted by Crippen LogP contribution is 2.37. The number of nitrogens with one attached hydrogen (secondary N) is 1. The predicted molar refractivity (Wildman–Crippen MR) is 129 cm³/mol. The first-order valence-electron chi connectivity index (χ1n) is 11.8. The number of H-pyrrole nitrogens is 1. The fourth-order valence-corrected chi connectivity index (χ4v) is 5.05. The standard InChI is InChI=1S/C27H31F3N2O2/c1-4-22-23-14-19(18-9-11-32(12-10-18)15-17(2)27(28,29)30)5-7-24(23)31-26(22)20-6-8-25(34-3)21(13-20)16-33/h5-8,13-14,16-18,31H,4,9-12,15H2,1-3H3. The maximum Gasteiger partial charge on any atom is 0.392 e. The SMILES string of the molecule is CCc1c(-c2ccc(OC)c(C=O)c2)[nH]c2ccc(C3CCN(CC(C)C(F)(F)F)CC3)cc12. The Balaban J connectivity index is 1.57. The van der Waals surface area contributed by atoms with Crippen molar-refractivity contribution in [1.82, 2.24) is 9.88 Å². The number of methoxy groups -OCH3 is 1. The van der Waals surface area contributed by atoms with E-state index in [0.29, 0.717) is 30.3 Å². The average Bonchev–Trinajstić information content (AvgIpc) is 3.21. The van der Waals surface area contributed by atoms with Crippen LogP contribution in [0, 0.1) is 5.92 Å². The zero-order valence-corrected chi connectivity index (χ0v) is 19.8. The van der Waals surface area contributed by atoms with E-state index in [2.05, 4.69) is 30.1 Å². The number of aromatic nitrogens is 1. The van der Waals surface area contributed by atoms with Crippen LogP contribution in [-0.4, -0.2) is 49.1 Å². The van der Waals surface area contributed by atoms with E-state index in [4.69, 9.17) is 4.74 Å². The van der Waals surface area contributed by atoms with Crippen molar-refractivity contribution < 1.29 is 22.7 Å². The highest BCUT2D eigenvalue weighted by atomic mass is 19.4. The molecular formula is C27H31F3N2O2. The number of aryl methyl sites for hydroxylation is 1. The largest absolute Gasteiger partial charge is 0.496 e. The number of fused-ring (bicyclic) bond motifs is 1. The molecule has 4 nitrogen and oxygen atoms in total. The summed E-state index contributed by atoms with van der Waals surface area (Å²) in [6.07, 6.45) is -0.793. The predicted octanol–water partition coefficient (Wildman–Crippen LogP) is 6.60. The average molecular weight is 473 g/mol. The molecule has 4 rings (SSSR count). The van der Waals surface area contributed by atoms with Crippen molar-refractivity contribution >= 4 is 17.2 Å². The summed E-state index contributed by atoms with van der Waals surface area (Å²) in [7, 11) is 1.55. The van der Waals surface area contributed by atoms with E-state index in [0.717, 1.165) is 47.7 Å². The molecule has 1 fully saturated rings. The molecule has 1 saturated heterocycles. The number of aldehydes is 1. The number of piperidine rings is 1. The summed E-state index contributed by atoms with van der Waals surface area (Å²) < 4.78 is 44.0. The molecule has 182 valence electrons. The lowest BCUT2D eigenvalue weighted by Crippen LogP contribution is -2.39. The molecule has 3 aromatic rings. The zero-order valence-electron chi connectivity index (χ0n) is 19.8. The normalized spacial score (nSPS) is 16.6. The third kappa shape index (κ3) is 4.85. The molecule has 34 heavy (non-hydrogen) atoms. The van der Waals surface area contributed by atoms with Crippen LogP contribution in [0.2, 0.25) is 0 Å². The first-order valence-corrected chi connectivity index (χ1v) is 11.8. The highest BCUT2D eigenvalue weighted by molar-refractivity contribution is 5.92. The van der Waals surface area contributed by atoms with Gasteiger partial charge in [-0.05, 0) is 85.3 Å². The van der Waals surface area contributed by atoms with Gasteiger partial charge in [-0.15, -0.1) is 0 Å². The van der Waals surface area contributed by atoms with E-state index in [-0.39, 0.29) is 6.54 Å². The summed E-state index contributed by atoms with van der Waals surface area (Å²) in [5, 5.41) is 1.16. The molecule has 0 spiro atoms. The molecule has 2 heterocycles. The number of hydrogen-bond donors (Lipinski definition) is 1. The third-order valence-corrected chi connectivity index (χ3v) is 7.08. The minimum atomic E-state index is -4.14. The van der Waals surface area contributed by atoms with Crippen molar-refractivity contribution in [3.05, 3.63) is 53.1 Å². The molecule has 1 atom stereocenters.